The number of likely N-dealkylation sites (tertiary alicyclic amines) is 1. The molecule has 1 aliphatic rings. The molecule has 0 aliphatic carbocycles. The van der Waals surface area contributed by atoms with E-state index in [1.54, 1.807) is 0 Å². The van der Waals surface area contributed by atoms with Gasteiger partial charge < -0.3 is 16.0 Å². The fraction of sp³-hybridized carbons (Fsp3) is 0.625. The third-order valence-corrected chi connectivity index (χ3v) is 4.92. The van der Waals surface area contributed by atoms with Gasteiger partial charge in [0.2, 0.25) is 11.8 Å². The van der Waals surface area contributed by atoms with Crippen molar-refractivity contribution in [3.8, 4) is 0 Å². The van der Waals surface area contributed by atoms with Crippen molar-refractivity contribution in [2.24, 2.45) is 5.73 Å². The number of amides is 2. The van der Waals surface area contributed by atoms with Gasteiger partial charge in [0.05, 0.1) is 25.6 Å². The van der Waals surface area contributed by atoms with Crippen molar-refractivity contribution in [2.75, 3.05) is 19.6 Å². The van der Waals surface area contributed by atoms with E-state index in [2.05, 4.69) is 5.32 Å². The number of halogens is 3. The van der Waals surface area contributed by atoms with E-state index in [0.717, 1.165) is 9.78 Å². The van der Waals surface area contributed by atoms with Crippen LogP contribution in [0.1, 0.15) is 24.1 Å². The summed E-state index contributed by atoms with van der Waals surface area (Å²) in [7, 11) is 0. The number of unbranched alkanes of at least 4 members (excludes halogenated alkanes) is 1. The first-order valence-electron chi connectivity index (χ1n) is 8.15. The van der Waals surface area contributed by atoms with Crippen LogP contribution in [0.25, 0.3) is 0 Å². The van der Waals surface area contributed by atoms with Crippen LogP contribution in [0.5, 0.6) is 0 Å². The molecule has 1 aliphatic heterocycles. The van der Waals surface area contributed by atoms with Crippen LogP contribution in [0.4, 0.5) is 13.2 Å². The van der Waals surface area contributed by atoms with Gasteiger partial charge in [0.15, 0.2) is 6.17 Å². The molecule has 0 aromatic carbocycles. The molecule has 0 spiro atoms. The summed E-state index contributed by atoms with van der Waals surface area (Å²) in [4.78, 5) is 25.4. The van der Waals surface area contributed by atoms with Crippen molar-refractivity contribution in [1.82, 2.24) is 10.2 Å². The lowest BCUT2D eigenvalue weighted by molar-refractivity contribution is -0.133. The molecule has 1 fully saturated rings. The molecule has 140 valence electrons. The van der Waals surface area contributed by atoms with Gasteiger partial charge in [-0.25, -0.2) is 13.2 Å². The lowest BCUT2D eigenvalue weighted by atomic mass is 10.1. The quantitative estimate of drug-likeness (QED) is 0.678. The lowest BCUT2D eigenvalue weighted by Gasteiger charge is -2.20. The highest BCUT2D eigenvalue weighted by Crippen LogP contribution is 2.30. The monoisotopic (exact) mass is 377 g/mol. The number of carbonyl (C=O) groups is 2. The number of carbonyl (C=O) groups excluding carboxylic acids is 2. The van der Waals surface area contributed by atoms with Gasteiger partial charge in [-0.15, -0.1) is 11.3 Å². The standard InChI is InChI=1S/C16H22F3N3O2S/c17-13-9-22(10-16(13,18)19)15(24)12(20)5-1-2-6-21-14(23)8-11-4-3-7-25-11/h3-4,7,12-13H,1-2,5-6,8-10,20H2,(H,21,23). The van der Waals surface area contributed by atoms with Gasteiger partial charge in [-0.05, 0) is 30.7 Å². The third-order valence-electron chi connectivity index (χ3n) is 4.05. The normalized spacial score (nSPS) is 20.5. The van der Waals surface area contributed by atoms with Crippen LogP contribution in [0.15, 0.2) is 17.5 Å². The topological polar surface area (TPSA) is 75.4 Å². The maximum atomic E-state index is 13.1. The van der Waals surface area contributed by atoms with Crippen molar-refractivity contribution in [3.05, 3.63) is 22.4 Å². The Morgan fingerprint density at radius 2 is 2.20 bits per heavy atom. The largest absolute Gasteiger partial charge is 0.356 e. The Morgan fingerprint density at radius 1 is 1.44 bits per heavy atom. The highest BCUT2D eigenvalue weighted by atomic mass is 32.1. The number of hydrogen-bond donors (Lipinski definition) is 2. The second kappa shape index (κ2) is 8.66. The zero-order valence-electron chi connectivity index (χ0n) is 13.7. The third kappa shape index (κ3) is 5.71. The number of nitrogens with one attached hydrogen (secondary N) is 1. The van der Waals surface area contributed by atoms with Crippen LogP contribution in [0, 0.1) is 0 Å². The Labute approximate surface area is 148 Å². The smallest absolute Gasteiger partial charge is 0.297 e. The SMILES string of the molecule is NC(CCCCNC(=O)Cc1cccs1)C(=O)N1CC(F)C(F)(F)C1. The second-order valence-electron chi connectivity index (χ2n) is 6.16. The number of hydrogen-bond acceptors (Lipinski definition) is 4. The van der Waals surface area contributed by atoms with Crippen molar-refractivity contribution in [1.29, 1.82) is 0 Å². The summed E-state index contributed by atoms with van der Waals surface area (Å²) < 4.78 is 39.4. The molecule has 5 nitrogen and oxygen atoms in total. The summed E-state index contributed by atoms with van der Waals surface area (Å²) in [5, 5.41) is 4.68. The van der Waals surface area contributed by atoms with Gasteiger partial charge in [-0.1, -0.05) is 6.07 Å². The summed E-state index contributed by atoms with van der Waals surface area (Å²) in [6, 6.07) is 2.84. The molecular weight excluding hydrogens is 355 g/mol. The van der Waals surface area contributed by atoms with Gasteiger partial charge in [0.25, 0.3) is 5.92 Å². The Balaban J connectivity index is 1.60. The highest BCUT2D eigenvalue weighted by Gasteiger charge is 2.50. The molecule has 2 atom stereocenters. The first kappa shape index (κ1) is 19.7. The zero-order valence-corrected chi connectivity index (χ0v) is 14.5. The Morgan fingerprint density at radius 3 is 2.80 bits per heavy atom. The van der Waals surface area contributed by atoms with Gasteiger partial charge in [0.1, 0.15) is 0 Å². The van der Waals surface area contributed by atoms with Crippen LogP contribution in [-0.4, -0.2) is 54.5 Å². The highest BCUT2D eigenvalue weighted by molar-refractivity contribution is 7.10. The van der Waals surface area contributed by atoms with E-state index >= 15 is 0 Å². The molecule has 0 radical (unpaired) electrons. The predicted octanol–water partition coefficient (Wildman–Crippen LogP) is 1.72. The average molecular weight is 377 g/mol. The second-order valence-corrected chi connectivity index (χ2v) is 7.19. The van der Waals surface area contributed by atoms with Crippen molar-refractivity contribution in [3.63, 3.8) is 0 Å². The number of nitrogens with two attached hydrogens (primary N) is 1. The lowest BCUT2D eigenvalue weighted by Crippen LogP contribution is -2.43. The number of nitrogens with zero attached hydrogens (tertiary/aromatic N) is 1. The molecule has 2 heterocycles. The molecule has 3 N–H and O–H groups in total. The summed E-state index contributed by atoms with van der Waals surface area (Å²) in [5.74, 6) is -4.22. The van der Waals surface area contributed by atoms with E-state index in [0.29, 0.717) is 32.2 Å². The predicted molar refractivity (Wildman–Crippen MR) is 89.3 cm³/mol. The van der Waals surface area contributed by atoms with Crippen molar-refractivity contribution >= 4 is 23.2 Å². The zero-order chi connectivity index (χ0) is 18.4. The van der Waals surface area contributed by atoms with E-state index in [-0.39, 0.29) is 5.91 Å². The van der Waals surface area contributed by atoms with E-state index in [9.17, 15) is 22.8 Å². The minimum Gasteiger partial charge on any atom is -0.356 e. The van der Waals surface area contributed by atoms with E-state index in [1.807, 2.05) is 17.5 Å². The van der Waals surface area contributed by atoms with Gasteiger partial charge in [-0.2, -0.15) is 0 Å². The first-order chi connectivity index (χ1) is 11.8. The van der Waals surface area contributed by atoms with Crippen LogP contribution >= 0.6 is 11.3 Å². The molecule has 2 amide bonds. The molecular formula is C16H22F3N3O2S. The molecule has 2 unspecified atom stereocenters. The molecule has 2 rings (SSSR count). The van der Waals surface area contributed by atoms with Crippen LogP contribution in [0.3, 0.4) is 0 Å². The summed E-state index contributed by atoms with van der Waals surface area (Å²) in [6.07, 6.45) is -0.502. The van der Waals surface area contributed by atoms with E-state index < -0.39 is 37.1 Å². The fourth-order valence-corrected chi connectivity index (χ4v) is 3.33. The van der Waals surface area contributed by atoms with Crippen molar-refractivity contribution in [2.45, 2.75) is 43.8 Å². The van der Waals surface area contributed by atoms with Crippen LogP contribution in [-0.2, 0) is 16.0 Å². The summed E-state index contributed by atoms with van der Waals surface area (Å²) >= 11 is 1.51. The first-order valence-corrected chi connectivity index (χ1v) is 9.03. The molecule has 1 saturated heterocycles. The molecule has 9 heteroatoms. The van der Waals surface area contributed by atoms with Crippen molar-refractivity contribution < 1.29 is 22.8 Å². The number of rotatable bonds is 8. The van der Waals surface area contributed by atoms with E-state index in [4.69, 9.17) is 5.73 Å². The van der Waals surface area contributed by atoms with E-state index in [1.165, 1.54) is 11.3 Å². The Kier molecular flexibility index (Phi) is 6.83. The summed E-state index contributed by atoms with van der Waals surface area (Å²) in [5.41, 5.74) is 5.72. The molecule has 1 aromatic heterocycles. The van der Waals surface area contributed by atoms with Crippen LogP contribution < -0.4 is 11.1 Å². The molecule has 0 bridgehead atoms. The Bertz CT molecular complexity index is 583. The van der Waals surface area contributed by atoms with Gasteiger partial charge in [-0.3, -0.25) is 9.59 Å². The maximum Gasteiger partial charge on any atom is 0.297 e. The molecule has 1 aromatic rings. The minimum absolute atomic E-state index is 0.0730. The van der Waals surface area contributed by atoms with Crippen LogP contribution in [0.2, 0.25) is 0 Å². The number of alkyl halides is 3. The van der Waals surface area contributed by atoms with Gasteiger partial charge in [0, 0.05) is 11.4 Å². The minimum atomic E-state index is -3.50. The average Bonchev–Trinajstić information content (AvgIpc) is 3.14. The molecule has 0 saturated carbocycles. The number of thiophene rings is 1. The molecule has 25 heavy (non-hydrogen) atoms. The van der Waals surface area contributed by atoms with Gasteiger partial charge >= 0.3 is 0 Å². The Hall–Kier alpha value is -1.61. The fourth-order valence-electron chi connectivity index (χ4n) is 2.62. The maximum absolute atomic E-state index is 13.1. The summed E-state index contributed by atoms with van der Waals surface area (Å²) in [6.45, 7) is -1.07.